The van der Waals surface area contributed by atoms with Crippen molar-refractivity contribution in [3.63, 3.8) is 0 Å². The molecule has 3 heterocycles. The number of aryl methyl sites for hydroxylation is 1. The first-order chi connectivity index (χ1) is 8.08. The second kappa shape index (κ2) is 3.28. The molecule has 1 aromatic rings. The molecule has 2 aliphatic rings. The van der Waals surface area contributed by atoms with Gasteiger partial charge in [-0.05, 0) is 13.3 Å². The zero-order valence-electron chi connectivity index (χ0n) is 9.90. The number of methoxy groups -OCH3 is 2. The van der Waals surface area contributed by atoms with Crippen molar-refractivity contribution in [2.24, 2.45) is 0 Å². The van der Waals surface area contributed by atoms with E-state index in [1.54, 1.807) is 7.11 Å². The largest absolute Gasteiger partial charge is 0.467 e. The highest BCUT2D eigenvalue weighted by Crippen LogP contribution is 2.60. The fourth-order valence-corrected chi connectivity index (χ4v) is 3.77. The van der Waals surface area contributed by atoms with E-state index in [4.69, 9.17) is 14.2 Å². The van der Waals surface area contributed by atoms with Crippen LogP contribution in [0.2, 0.25) is 0 Å². The normalized spacial score (nSPS) is 33.8. The Labute approximate surface area is 103 Å². The molecule has 0 saturated carbocycles. The van der Waals surface area contributed by atoms with Crippen LogP contribution in [0.1, 0.15) is 28.4 Å². The number of esters is 1. The smallest absolute Gasteiger partial charge is 0.343 e. The monoisotopic (exact) mass is 255 g/mol. The summed E-state index contributed by atoms with van der Waals surface area (Å²) in [5.74, 6) is -1.22. The van der Waals surface area contributed by atoms with Gasteiger partial charge in [0.25, 0.3) is 0 Å². The van der Waals surface area contributed by atoms with Gasteiger partial charge in [-0.1, -0.05) is 0 Å². The number of carbonyl (C=O) groups excluding carboxylic acids is 1. The van der Waals surface area contributed by atoms with Crippen molar-refractivity contribution in [1.29, 1.82) is 0 Å². The fraction of sp³-hybridized carbons (Fsp3) is 0.636. The molecular weight excluding hydrogens is 242 g/mol. The van der Waals surface area contributed by atoms with E-state index in [1.165, 1.54) is 18.4 Å². The molecule has 0 aliphatic carbocycles. The fourth-order valence-electron chi connectivity index (χ4n) is 2.65. The summed E-state index contributed by atoms with van der Waals surface area (Å²) in [6.45, 7) is 1.91. The summed E-state index contributed by atoms with van der Waals surface area (Å²) in [6.07, 6.45) is 1.22. The van der Waals surface area contributed by atoms with Crippen molar-refractivity contribution in [3.05, 3.63) is 15.6 Å². The molecule has 0 radical (unpaired) electrons. The third-order valence-electron chi connectivity index (χ3n) is 3.45. The Hall–Kier alpha value is -0.980. The highest BCUT2D eigenvalue weighted by molar-refractivity contribution is 7.12. The molecule has 6 heteroatoms. The Morgan fingerprint density at radius 3 is 2.88 bits per heavy atom. The van der Waals surface area contributed by atoms with E-state index < -0.39 is 11.4 Å². The van der Waals surface area contributed by atoms with Crippen LogP contribution in [0.5, 0.6) is 0 Å². The van der Waals surface area contributed by atoms with Crippen LogP contribution >= 0.6 is 11.3 Å². The standard InChI is InChI=1S/C11H13NO4S/c1-6-12-7-8(17-6)10(9(13)14-2)4-5-11(7,15-3)16-10/h4-5H2,1-3H3. The van der Waals surface area contributed by atoms with E-state index in [0.717, 1.165) is 15.6 Å². The van der Waals surface area contributed by atoms with E-state index in [-0.39, 0.29) is 5.97 Å². The van der Waals surface area contributed by atoms with Crippen molar-refractivity contribution in [1.82, 2.24) is 4.98 Å². The maximum Gasteiger partial charge on any atom is 0.343 e. The van der Waals surface area contributed by atoms with Crippen LogP contribution in [0, 0.1) is 6.92 Å². The number of hydrogen-bond acceptors (Lipinski definition) is 6. The zero-order chi connectivity index (χ0) is 12.3. The van der Waals surface area contributed by atoms with Gasteiger partial charge in [0.1, 0.15) is 5.69 Å². The number of fused-ring (bicyclic) bond motifs is 5. The number of rotatable bonds is 2. The third-order valence-corrected chi connectivity index (χ3v) is 4.57. The molecule has 2 bridgehead atoms. The average molecular weight is 255 g/mol. The first-order valence-electron chi connectivity index (χ1n) is 5.40. The summed E-state index contributed by atoms with van der Waals surface area (Å²) < 4.78 is 16.2. The van der Waals surface area contributed by atoms with Gasteiger partial charge in [-0.3, -0.25) is 0 Å². The van der Waals surface area contributed by atoms with E-state index in [9.17, 15) is 4.79 Å². The van der Waals surface area contributed by atoms with Crippen LogP contribution in [-0.4, -0.2) is 25.2 Å². The average Bonchev–Trinajstić information content (AvgIpc) is 2.96. The molecule has 0 N–H and O–H groups in total. The summed E-state index contributed by atoms with van der Waals surface area (Å²) in [5.41, 5.74) is -0.245. The molecule has 92 valence electrons. The molecule has 3 rings (SSSR count). The molecule has 17 heavy (non-hydrogen) atoms. The van der Waals surface area contributed by atoms with Gasteiger partial charge >= 0.3 is 5.97 Å². The Balaban J connectivity index is 2.20. The van der Waals surface area contributed by atoms with Gasteiger partial charge in [0.15, 0.2) is 0 Å². The van der Waals surface area contributed by atoms with Gasteiger partial charge in [-0.15, -0.1) is 11.3 Å². The van der Waals surface area contributed by atoms with Crippen LogP contribution < -0.4 is 0 Å². The minimum absolute atomic E-state index is 0.362. The van der Waals surface area contributed by atoms with Gasteiger partial charge in [0.05, 0.1) is 17.0 Å². The molecule has 1 fully saturated rings. The molecule has 0 spiro atoms. The van der Waals surface area contributed by atoms with Crippen LogP contribution in [0.15, 0.2) is 0 Å². The van der Waals surface area contributed by atoms with Gasteiger partial charge in [0, 0.05) is 13.5 Å². The predicted octanol–water partition coefficient (Wildman–Crippen LogP) is 1.44. The number of nitrogens with zero attached hydrogens (tertiary/aromatic N) is 1. The molecular formula is C11H13NO4S. The topological polar surface area (TPSA) is 57.7 Å². The number of thiazole rings is 1. The maximum atomic E-state index is 12.0. The van der Waals surface area contributed by atoms with E-state index >= 15 is 0 Å². The predicted molar refractivity (Wildman–Crippen MR) is 59.6 cm³/mol. The van der Waals surface area contributed by atoms with Crippen molar-refractivity contribution in [3.8, 4) is 0 Å². The molecule has 0 aromatic carbocycles. The molecule has 2 unspecified atom stereocenters. The number of ether oxygens (including phenoxy) is 3. The van der Waals surface area contributed by atoms with Crippen molar-refractivity contribution in [2.45, 2.75) is 31.2 Å². The summed E-state index contributed by atoms with van der Waals surface area (Å²) >= 11 is 1.48. The lowest BCUT2D eigenvalue weighted by Gasteiger charge is -2.21. The molecule has 1 saturated heterocycles. The Morgan fingerprint density at radius 1 is 1.47 bits per heavy atom. The highest BCUT2D eigenvalue weighted by Gasteiger charge is 2.66. The first-order valence-corrected chi connectivity index (χ1v) is 6.22. The van der Waals surface area contributed by atoms with E-state index in [1.807, 2.05) is 6.92 Å². The van der Waals surface area contributed by atoms with Crippen LogP contribution in [-0.2, 0) is 30.4 Å². The maximum absolute atomic E-state index is 12.0. The second-order valence-electron chi connectivity index (χ2n) is 4.29. The second-order valence-corrected chi connectivity index (χ2v) is 5.49. The highest BCUT2D eigenvalue weighted by atomic mass is 32.1. The number of carbonyl (C=O) groups is 1. The molecule has 5 nitrogen and oxygen atoms in total. The minimum atomic E-state index is -0.994. The quantitative estimate of drug-likeness (QED) is 0.748. The Morgan fingerprint density at radius 2 is 2.24 bits per heavy atom. The molecule has 2 atom stereocenters. The summed E-state index contributed by atoms with van der Waals surface area (Å²) in [4.78, 5) is 17.3. The van der Waals surface area contributed by atoms with Crippen LogP contribution in [0.25, 0.3) is 0 Å². The van der Waals surface area contributed by atoms with Crippen LogP contribution in [0.4, 0.5) is 0 Å². The Bertz CT molecular complexity index is 500. The lowest BCUT2D eigenvalue weighted by Crippen LogP contribution is -2.34. The van der Waals surface area contributed by atoms with Gasteiger partial charge in [-0.25, -0.2) is 9.78 Å². The zero-order valence-corrected chi connectivity index (χ0v) is 10.7. The number of hydrogen-bond donors (Lipinski definition) is 0. The summed E-state index contributed by atoms with van der Waals surface area (Å²) in [7, 11) is 2.95. The van der Waals surface area contributed by atoms with Crippen molar-refractivity contribution >= 4 is 17.3 Å². The summed E-state index contributed by atoms with van der Waals surface area (Å²) in [5, 5.41) is 0.912. The van der Waals surface area contributed by atoms with Gasteiger partial charge in [-0.2, -0.15) is 0 Å². The van der Waals surface area contributed by atoms with Crippen molar-refractivity contribution < 1.29 is 19.0 Å². The first kappa shape index (κ1) is 11.1. The lowest BCUT2D eigenvalue weighted by molar-refractivity contribution is -0.238. The van der Waals surface area contributed by atoms with E-state index in [2.05, 4.69) is 4.98 Å². The van der Waals surface area contributed by atoms with Gasteiger partial charge in [0.2, 0.25) is 11.4 Å². The minimum Gasteiger partial charge on any atom is -0.467 e. The third kappa shape index (κ3) is 1.15. The molecule has 2 aliphatic heterocycles. The molecule has 0 amide bonds. The van der Waals surface area contributed by atoms with Gasteiger partial charge < -0.3 is 14.2 Å². The van der Waals surface area contributed by atoms with E-state index in [0.29, 0.717) is 12.8 Å². The SMILES string of the molecule is COC(=O)C12CCC(OC)(O1)c1nc(C)sc12. The molecule has 1 aromatic heterocycles. The van der Waals surface area contributed by atoms with Crippen molar-refractivity contribution in [2.75, 3.05) is 14.2 Å². The Kier molecular flexibility index (Phi) is 2.14. The summed E-state index contributed by atoms with van der Waals surface area (Å²) in [6, 6.07) is 0. The van der Waals surface area contributed by atoms with Crippen LogP contribution in [0.3, 0.4) is 0 Å². The number of aromatic nitrogens is 1. The lowest BCUT2D eigenvalue weighted by atomic mass is 9.89.